The summed E-state index contributed by atoms with van der Waals surface area (Å²) in [7, 11) is 0. The molecule has 0 aliphatic rings. The maximum atomic E-state index is 6.81. The largest absolute Gasteiger partial charge is 0.422 e. The van der Waals surface area contributed by atoms with Crippen molar-refractivity contribution in [3.8, 4) is 40.2 Å². The van der Waals surface area contributed by atoms with E-state index in [9.17, 15) is 0 Å². The van der Waals surface area contributed by atoms with Crippen LogP contribution in [0.5, 0.6) is 11.8 Å². The molecular weight excluding hydrogens is 785 g/mol. The molecule has 0 unspecified atom stereocenters. The third kappa shape index (κ3) is 7.37. The second-order valence-electron chi connectivity index (χ2n) is 15.3. The molecule has 11 aromatic rings. The maximum absolute atomic E-state index is 6.81. The third-order valence-corrected chi connectivity index (χ3v) is 11.3. The summed E-state index contributed by atoms with van der Waals surface area (Å²) in [4.78, 5) is 19.3. The number of ether oxygens (including phenoxy) is 1. The molecule has 0 aliphatic carbocycles. The van der Waals surface area contributed by atoms with Gasteiger partial charge in [-0.05, 0) is 97.1 Å². The molecule has 0 saturated carbocycles. The number of rotatable bonds is 11. The highest BCUT2D eigenvalue weighted by molar-refractivity contribution is 6.12. The first-order valence-corrected chi connectivity index (χ1v) is 21.3. The van der Waals surface area contributed by atoms with Gasteiger partial charge in [-0.3, -0.25) is 0 Å². The average Bonchev–Trinajstić information content (AvgIpc) is 3.69. The SMILES string of the molecule is c1ccc(-c2nc(Oc3ccccc3-n3c4ccc(N(c5ccccc5)c5ccccc5)cc4c4cc(N(c5ccccc5)c5ccccc5)ccc43)nc(-c3ccccc3)n2)cc1. The topological polar surface area (TPSA) is 59.3 Å². The van der Waals surface area contributed by atoms with Crippen molar-refractivity contribution in [2.45, 2.75) is 0 Å². The summed E-state index contributed by atoms with van der Waals surface area (Å²) in [5.41, 5.74) is 11.0. The van der Waals surface area contributed by atoms with E-state index in [1.165, 1.54) is 0 Å². The van der Waals surface area contributed by atoms with Crippen LogP contribution in [-0.4, -0.2) is 19.5 Å². The lowest BCUT2D eigenvalue weighted by Gasteiger charge is -2.26. The van der Waals surface area contributed by atoms with Gasteiger partial charge in [0.25, 0.3) is 0 Å². The fraction of sp³-hybridized carbons (Fsp3) is 0. The van der Waals surface area contributed by atoms with Crippen molar-refractivity contribution < 1.29 is 4.74 Å². The lowest BCUT2D eigenvalue weighted by Crippen LogP contribution is -2.09. The Labute approximate surface area is 371 Å². The molecule has 0 bridgehead atoms. The van der Waals surface area contributed by atoms with Crippen LogP contribution in [0.15, 0.2) is 243 Å². The van der Waals surface area contributed by atoms with Crippen LogP contribution in [0, 0.1) is 0 Å². The Balaban J connectivity index is 1.12. The maximum Gasteiger partial charge on any atom is 0.326 e. The first kappa shape index (κ1) is 38.1. The molecule has 304 valence electrons. The van der Waals surface area contributed by atoms with Gasteiger partial charge in [0, 0.05) is 56.0 Å². The van der Waals surface area contributed by atoms with Crippen molar-refractivity contribution in [3.63, 3.8) is 0 Å². The minimum atomic E-state index is 0.202. The zero-order valence-corrected chi connectivity index (χ0v) is 34.7. The quantitative estimate of drug-likeness (QED) is 0.129. The van der Waals surface area contributed by atoms with E-state index in [0.29, 0.717) is 17.4 Å². The number of fused-ring (bicyclic) bond motifs is 3. The molecule has 2 heterocycles. The molecule has 7 nitrogen and oxygen atoms in total. The van der Waals surface area contributed by atoms with Gasteiger partial charge in [0.1, 0.15) is 0 Å². The summed E-state index contributed by atoms with van der Waals surface area (Å²) in [5.74, 6) is 1.66. The Morgan fingerprint density at radius 2 is 0.688 bits per heavy atom. The normalized spacial score (nSPS) is 11.1. The van der Waals surface area contributed by atoms with E-state index in [0.717, 1.165) is 72.7 Å². The van der Waals surface area contributed by atoms with E-state index in [4.69, 9.17) is 19.7 Å². The van der Waals surface area contributed by atoms with E-state index in [1.807, 2.05) is 78.9 Å². The first-order valence-electron chi connectivity index (χ1n) is 21.3. The zero-order chi connectivity index (χ0) is 42.7. The Morgan fingerprint density at radius 1 is 0.328 bits per heavy atom. The van der Waals surface area contributed by atoms with Crippen molar-refractivity contribution >= 4 is 55.9 Å². The second kappa shape index (κ2) is 16.9. The molecule has 0 fully saturated rings. The molecule has 9 aromatic carbocycles. The summed E-state index contributed by atoms with van der Waals surface area (Å²) >= 11 is 0. The molecule has 0 atom stereocenters. The van der Waals surface area contributed by atoms with Crippen LogP contribution < -0.4 is 14.5 Å². The second-order valence-corrected chi connectivity index (χ2v) is 15.3. The molecule has 7 heteroatoms. The lowest BCUT2D eigenvalue weighted by molar-refractivity contribution is 0.439. The first-order chi connectivity index (χ1) is 31.7. The monoisotopic (exact) mass is 824 g/mol. The molecule has 0 aliphatic heterocycles. The van der Waals surface area contributed by atoms with Crippen molar-refractivity contribution in [2.75, 3.05) is 9.80 Å². The Bertz CT molecular complexity index is 3070. The van der Waals surface area contributed by atoms with Crippen LogP contribution in [0.4, 0.5) is 34.1 Å². The standard InChI is InChI=1S/C57H40N6O/c1-7-21-41(22-8-1)55-58-56(42-23-9-2-10-24-42)60-57(59-55)64-54-34-20-19-33-53(54)63-51-37-35-47(61(43-25-11-3-12-26-43)44-27-13-4-14-28-44)39-49(51)50-40-48(36-38-52(50)63)62(45-29-15-5-16-30-45)46-31-17-6-18-32-46/h1-40H. The van der Waals surface area contributed by atoms with Crippen molar-refractivity contribution in [3.05, 3.63) is 243 Å². The van der Waals surface area contributed by atoms with Gasteiger partial charge in [0.05, 0.1) is 16.7 Å². The molecule has 0 saturated heterocycles. The number of hydrogen-bond acceptors (Lipinski definition) is 6. The van der Waals surface area contributed by atoms with Gasteiger partial charge in [-0.15, -0.1) is 0 Å². The van der Waals surface area contributed by atoms with Crippen molar-refractivity contribution in [2.24, 2.45) is 0 Å². The number of hydrogen-bond donors (Lipinski definition) is 0. The Kier molecular flexibility index (Phi) is 10.1. The molecule has 0 radical (unpaired) electrons. The van der Waals surface area contributed by atoms with Crippen LogP contribution >= 0.6 is 0 Å². The summed E-state index contributed by atoms with van der Waals surface area (Å²) < 4.78 is 9.10. The van der Waals surface area contributed by atoms with Crippen molar-refractivity contribution in [1.29, 1.82) is 0 Å². The Hall–Kier alpha value is -8.81. The summed E-state index contributed by atoms with van der Waals surface area (Å²) in [6, 6.07) is 83.7. The van der Waals surface area contributed by atoms with Gasteiger partial charge in [0.2, 0.25) is 0 Å². The van der Waals surface area contributed by atoms with Gasteiger partial charge in [0.15, 0.2) is 17.4 Å². The molecule has 11 rings (SSSR count). The fourth-order valence-electron chi connectivity index (χ4n) is 8.40. The van der Waals surface area contributed by atoms with Gasteiger partial charge < -0.3 is 19.1 Å². The fourth-order valence-corrected chi connectivity index (χ4v) is 8.40. The highest BCUT2D eigenvalue weighted by atomic mass is 16.5. The third-order valence-electron chi connectivity index (χ3n) is 11.3. The highest BCUT2D eigenvalue weighted by Crippen LogP contribution is 2.44. The predicted octanol–water partition coefficient (Wildman–Crippen LogP) is 15.0. The molecular formula is C57H40N6O. The van der Waals surface area contributed by atoms with Gasteiger partial charge >= 0.3 is 6.01 Å². The average molecular weight is 825 g/mol. The van der Waals surface area contributed by atoms with Crippen LogP contribution in [0.1, 0.15) is 0 Å². The summed E-state index contributed by atoms with van der Waals surface area (Å²) in [6.07, 6.45) is 0. The minimum absolute atomic E-state index is 0.202. The van der Waals surface area contributed by atoms with Crippen LogP contribution in [0.3, 0.4) is 0 Å². The van der Waals surface area contributed by atoms with E-state index in [1.54, 1.807) is 0 Å². The van der Waals surface area contributed by atoms with Crippen molar-refractivity contribution in [1.82, 2.24) is 19.5 Å². The lowest BCUT2D eigenvalue weighted by atomic mass is 10.1. The number of nitrogens with zero attached hydrogens (tertiary/aromatic N) is 6. The van der Waals surface area contributed by atoms with Gasteiger partial charge in [-0.2, -0.15) is 9.97 Å². The van der Waals surface area contributed by atoms with E-state index in [2.05, 4.69) is 178 Å². The van der Waals surface area contributed by atoms with E-state index < -0.39 is 0 Å². The number of para-hydroxylation sites is 6. The summed E-state index contributed by atoms with van der Waals surface area (Å²) in [5, 5.41) is 2.17. The van der Waals surface area contributed by atoms with E-state index >= 15 is 0 Å². The number of anilines is 6. The number of aromatic nitrogens is 4. The number of benzene rings is 9. The highest BCUT2D eigenvalue weighted by Gasteiger charge is 2.22. The van der Waals surface area contributed by atoms with Gasteiger partial charge in [-0.25, -0.2) is 4.98 Å². The molecule has 64 heavy (non-hydrogen) atoms. The molecule has 2 aromatic heterocycles. The smallest absolute Gasteiger partial charge is 0.326 e. The van der Waals surface area contributed by atoms with E-state index in [-0.39, 0.29) is 6.01 Å². The van der Waals surface area contributed by atoms with Crippen LogP contribution in [0.25, 0.3) is 50.3 Å². The van der Waals surface area contributed by atoms with Crippen LogP contribution in [-0.2, 0) is 0 Å². The predicted molar refractivity (Wildman–Crippen MR) is 261 cm³/mol. The minimum Gasteiger partial charge on any atom is -0.422 e. The molecule has 0 spiro atoms. The van der Waals surface area contributed by atoms with Crippen LogP contribution in [0.2, 0.25) is 0 Å². The Morgan fingerprint density at radius 3 is 1.09 bits per heavy atom. The summed E-state index contributed by atoms with van der Waals surface area (Å²) in [6.45, 7) is 0. The molecule has 0 amide bonds. The zero-order valence-electron chi connectivity index (χ0n) is 34.7. The van der Waals surface area contributed by atoms with Gasteiger partial charge in [-0.1, -0.05) is 146 Å². The molecule has 0 N–H and O–H groups in total.